The van der Waals surface area contributed by atoms with Gasteiger partial charge in [0, 0.05) is 0 Å². The van der Waals surface area contributed by atoms with Crippen LogP contribution in [0.4, 0.5) is 18.9 Å². The number of rotatable bonds is 5. The second-order valence-electron chi connectivity index (χ2n) is 6.51. The third-order valence-electron chi connectivity index (χ3n) is 4.02. The van der Waals surface area contributed by atoms with Crippen molar-refractivity contribution in [3.63, 3.8) is 0 Å². The number of nitrogens with one attached hydrogen (secondary N) is 1. The third-order valence-corrected chi connectivity index (χ3v) is 4.35. The Labute approximate surface area is 165 Å². The number of esters is 1. The molecule has 0 unspecified atom stereocenters. The van der Waals surface area contributed by atoms with Crippen molar-refractivity contribution in [1.82, 2.24) is 0 Å². The summed E-state index contributed by atoms with van der Waals surface area (Å²) in [6.45, 7) is 5.34. The highest BCUT2D eigenvalue weighted by molar-refractivity contribution is 6.33. The lowest BCUT2D eigenvalue weighted by Crippen LogP contribution is -2.30. The lowest BCUT2D eigenvalue weighted by Gasteiger charge is -2.16. The van der Waals surface area contributed by atoms with Crippen LogP contribution in [0, 0.1) is 0 Å². The summed E-state index contributed by atoms with van der Waals surface area (Å²) < 4.78 is 43.5. The van der Waals surface area contributed by atoms with E-state index in [2.05, 4.69) is 5.32 Å². The summed E-state index contributed by atoms with van der Waals surface area (Å²) >= 11 is 5.85. The number of anilines is 1. The highest BCUT2D eigenvalue weighted by Crippen LogP contribution is 2.33. The van der Waals surface area contributed by atoms with Crippen LogP contribution in [0.1, 0.15) is 48.2 Å². The van der Waals surface area contributed by atoms with Crippen LogP contribution in [0.3, 0.4) is 0 Å². The summed E-state index contributed by atoms with van der Waals surface area (Å²) in [6, 6.07) is 9.31. The van der Waals surface area contributed by atoms with Gasteiger partial charge in [0.25, 0.3) is 5.91 Å². The van der Waals surface area contributed by atoms with Gasteiger partial charge in [-0.15, -0.1) is 0 Å². The fraction of sp³-hybridized carbons (Fsp3) is 0.300. The van der Waals surface area contributed by atoms with Gasteiger partial charge in [-0.2, -0.15) is 13.2 Å². The summed E-state index contributed by atoms with van der Waals surface area (Å²) in [5.74, 6) is -1.21. The van der Waals surface area contributed by atoms with Crippen LogP contribution in [0.2, 0.25) is 5.02 Å². The van der Waals surface area contributed by atoms with E-state index in [0.717, 1.165) is 23.8 Å². The molecule has 1 N–H and O–H groups in total. The molecule has 0 saturated carbocycles. The van der Waals surface area contributed by atoms with E-state index in [1.807, 2.05) is 13.8 Å². The molecule has 8 heteroatoms. The minimum absolute atomic E-state index is 0.0656. The van der Waals surface area contributed by atoms with Gasteiger partial charge in [0.1, 0.15) is 0 Å². The Morgan fingerprint density at radius 3 is 2.18 bits per heavy atom. The van der Waals surface area contributed by atoms with Crippen molar-refractivity contribution in [1.29, 1.82) is 0 Å². The Balaban J connectivity index is 2.06. The van der Waals surface area contributed by atoms with Crippen LogP contribution >= 0.6 is 11.6 Å². The summed E-state index contributed by atoms with van der Waals surface area (Å²) in [4.78, 5) is 24.4. The molecule has 4 nitrogen and oxygen atoms in total. The molecular weight excluding hydrogens is 395 g/mol. The molecule has 0 fully saturated rings. The van der Waals surface area contributed by atoms with E-state index < -0.39 is 29.7 Å². The topological polar surface area (TPSA) is 55.4 Å². The van der Waals surface area contributed by atoms with Gasteiger partial charge >= 0.3 is 12.1 Å². The monoisotopic (exact) mass is 413 g/mol. The molecule has 0 saturated heterocycles. The summed E-state index contributed by atoms with van der Waals surface area (Å²) in [6.07, 6.45) is -5.81. The summed E-state index contributed by atoms with van der Waals surface area (Å²) in [7, 11) is 0. The number of hydrogen-bond donors (Lipinski definition) is 1. The number of hydrogen-bond acceptors (Lipinski definition) is 3. The number of carbonyl (C=O) groups excluding carboxylic acids is 2. The minimum atomic E-state index is -4.58. The first-order valence-corrected chi connectivity index (χ1v) is 8.85. The van der Waals surface area contributed by atoms with Gasteiger partial charge in [0.05, 0.1) is 21.8 Å². The lowest BCUT2D eigenvalue weighted by molar-refractivity contribution is -0.137. The Hall–Kier alpha value is -2.54. The summed E-state index contributed by atoms with van der Waals surface area (Å²) in [5.41, 5.74) is 0.135. The normalized spacial score (nSPS) is 12.6. The summed E-state index contributed by atoms with van der Waals surface area (Å²) in [5, 5.41) is 2.19. The molecule has 0 heterocycles. The lowest BCUT2D eigenvalue weighted by atomic mass is 10.0. The Morgan fingerprint density at radius 2 is 1.64 bits per heavy atom. The van der Waals surface area contributed by atoms with Gasteiger partial charge in [-0.25, -0.2) is 4.79 Å². The van der Waals surface area contributed by atoms with Crippen LogP contribution in [-0.4, -0.2) is 18.0 Å². The SMILES string of the molecule is CC(C)c1ccc(C(=O)O[C@@H](C)C(=O)Nc2cc(C(F)(F)F)ccc2Cl)cc1. The van der Waals surface area contributed by atoms with Crippen molar-refractivity contribution in [2.45, 2.75) is 39.0 Å². The van der Waals surface area contributed by atoms with E-state index in [0.29, 0.717) is 5.92 Å². The number of amides is 1. The quantitative estimate of drug-likeness (QED) is 0.643. The fourth-order valence-corrected chi connectivity index (χ4v) is 2.48. The second kappa shape index (κ2) is 8.65. The molecule has 0 aliphatic heterocycles. The molecule has 2 aromatic carbocycles. The fourth-order valence-electron chi connectivity index (χ4n) is 2.32. The van der Waals surface area contributed by atoms with Gasteiger partial charge < -0.3 is 10.1 Å². The number of alkyl halides is 3. The molecule has 2 aromatic rings. The smallest absolute Gasteiger partial charge is 0.416 e. The molecule has 0 bridgehead atoms. The first-order valence-electron chi connectivity index (χ1n) is 8.47. The third kappa shape index (κ3) is 5.48. The minimum Gasteiger partial charge on any atom is -0.449 e. The molecule has 28 heavy (non-hydrogen) atoms. The standard InChI is InChI=1S/C20H19ClF3NO3/c1-11(2)13-4-6-14(7-5-13)19(27)28-12(3)18(26)25-17-10-15(20(22,23)24)8-9-16(17)21/h4-12H,1-3H3,(H,25,26)/t12-/m0/s1. The van der Waals surface area contributed by atoms with Crippen LogP contribution in [-0.2, 0) is 15.7 Å². The molecule has 0 spiro atoms. The zero-order valence-electron chi connectivity index (χ0n) is 15.4. The maximum Gasteiger partial charge on any atom is 0.416 e. The molecule has 150 valence electrons. The molecule has 0 aliphatic rings. The largest absolute Gasteiger partial charge is 0.449 e. The van der Waals surface area contributed by atoms with E-state index in [4.69, 9.17) is 16.3 Å². The predicted octanol–water partition coefficient (Wildman–Crippen LogP) is 5.67. The van der Waals surface area contributed by atoms with E-state index in [-0.39, 0.29) is 16.3 Å². The average molecular weight is 414 g/mol. The first-order chi connectivity index (χ1) is 13.0. The van der Waals surface area contributed by atoms with Gasteiger partial charge in [0.15, 0.2) is 6.10 Å². The Bertz CT molecular complexity index is 864. The zero-order valence-corrected chi connectivity index (χ0v) is 16.2. The van der Waals surface area contributed by atoms with Crippen molar-refractivity contribution < 1.29 is 27.5 Å². The molecule has 1 amide bonds. The number of benzene rings is 2. The number of halogens is 4. The van der Waals surface area contributed by atoms with Gasteiger partial charge in [-0.05, 0) is 48.7 Å². The Kier molecular flexibility index (Phi) is 6.72. The van der Waals surface area contributed by atoms with Gasteiger partial charge in [0.2, 0.25) is 0 Å². The van der Waals surface area contributed by atoms with Crippen molar-refractivity contribution in [2.75, 3.05) is 5.32 Å². The maximum atomic E-state index is 12.8. The van der Waals surface area contributed by atoms with Crippen molar-refractivity contribution in [3.05, 3.63) is 64.2 Å². The molecule has 1 atom stereocenters. The van der Waals surface area contributed by atoms with Gasteiger partial charge in [-0.1, -0.05) is 37.6 Å². The van der Waals surface area contributed by atoms with E-state index >= 15 is 0 Å². The highest BCUT2D eigenvalue weighted by Gasteiger charge is 2.31. The molecule has 0 aromatic heterocycles. The number of carbonyl (C=O) groups is 2. The van der Waals surface area contributed by atoms with Crippen molar-refractivity contribution in [3.8, 4) is 0 Å². The van der Waals surface area contributed by atoms with Crippen LogP contribution in [0.15, 0.2) is 42.5 Å². The molecule has 2 rings (SSSR count). The number of ether oxygens (including phenoxy) is 1. The van der Waals surface area contributed by atoms with Crippen molar-refractivity contribution in [2.24, 2.45) is 0 Å². The van der Waals surface area contributed by atoms with E-state index in [1.54, 1.807) is 24.3 Å². The zero-order chi connectivity index (χ0) is 21.1. The van der Waals surface area contributed by atoms with E-state index in [9.17, 15) is 22.8 Å². The average Bonchev–Trinajstić information content (AvgIpc) is 2.62. The van der Waals surface area contributed by atoms with Gasteiger partial charge in [-0.3, -0.25) is 4.79 Å². The highest BCUT2D eigenvalue weighted by atomic mass is 35.5. The Morgan fingerprint density at radius 1 is 1.04 bits per heavy atom. The molecular formula is C20H19ClF3NO3. The van der Waals surface area contributed by atoms with E-state index in [1.165, 1.54) is 6.92 Å². The second-order valence-corrected chi connectivity index (χ2v) is 6.91. The maximum absolute atomic E-state index is 12.8. The first kappa shape index (κ1) is 21.8. The molecule has 0 aliphatic carbocycles. The van der Waals surface area contributed by atoms with Crippen LogP contribution in [0.25, 0.3) is 0 Å². The predicted molar refractivity (Wildman–Crippen MR) is 100 cm³/mol. The van der Waals surface area contributed by atoms with Crippen molar-refractivity contribution >= 4 is 29.2 Å². The van der Waals surface area contributed by atoms with Crippen LogP contribution < -0.4 is 5.32 Å². The molecule has 0 radical (unpaired) electrons. The van der Waals surface area contributed by atoms with Crippen LogP contribution in [0.5, 0.6) is 0 Å².